The molecule has 1 aromatic carbocycles. The van der Waals surface area contributed by atoms with Gasteiger partial charge in [0.05, 0.1) is 12.7 Å². The third-order valence-corrected chi connectivity index (χ3v) is 4.36. The third-order valence-electron chi connectivity index (χ3n) is 4.36. The van der Waals surface area contributed by atoms with Crippen LogP contribution < -0.4 is 0 Å². The van der Waals surface area contributed by atoms with Crippen LogP contribution in [0.15, 0.2) is 34.9 Å². The molecule has 1 heterocycles. The maximum absolute atomic E-state index is 12.3. The van der Waals surface area contributed by atoms with E-state index in [9.17, 15) is 9.59 Å². The van der Waals surface area contributed by atoms with Gasteiger partial charge in [-0.2, -0.15) is 0 Å². The van der Waals surface area contributed by atoms with Gasteiger partial charge in [-0.05, 0) is 20.8 Å². The van der Waals surface area contributed by atoms with Crippen molar-refractivity contribution >= 4 is 11.8 Å². The van der Waals surface area contributed by atoms with E-state index in [4.69, 9.17) is 4.42 Å². The number of nitrogens with zero attached hydrogens (tertiary/aromatic N) is 3. The molecule has 0 radical (unpaired) electrons. The first kappa shape index (κ1) is 19.7. The van der Waals surface area contributed by atoms with Crippen molar-refractivity contribution in [3.05, 3.63) is 41.9 Å². The van der Waals surface area contributed by atoms with Crippen molar-refractivity contribution in [2.45, 2.75) is 33.6 Å². The molecule has 0 fully saturated rings. The van der Waals surface area contributed by atoms with Crippen LogP contribution in [0.1, 0.15) is 31.7 Å². The first-order chi connectivity index (χ1) is 12.4. The van der Waals surface area contributed by atoms with Crippen LogP contribution in [0.3, 0.4) is 0 Å². The van der Waals surface area contributed by atoms with Crippen molar-refractivity contribution in [3.63, 3.8) is 0 Å². The lowest BCUT2D eigenvalue weighted by Gasteiger charge is -2.23. The number of hydrogen-bond acceptors (Lipinski definition) is 4. The zero-order valence-electron chi connectivity index (χ0n) is 16.0. The fraction of sp³-hybridized carbons (Fsp3) is 0.450. The average Bonchev–Trinajstić information content (AvgIpc) is 3.10. The second-order valence-corrected chi connectivity index (χ2v) is 6.30. The third kappa shape index (κ3) is 5.18. The molecule has 6 nitrogen and oxygen atoms in total. The molecule has 0 atom stereocenters. The molecule has 2 aromatic rings. The summed E-state index contributed by atoms with van der Waals surface area (Å²) >= 11 is 0. The quantitative estimate of drug-likeness (QED) is 0.728. The molecule has 0 spiro atoms. The van der Waals surface area contributed by atoms with Gasteiger partial charge in [0.1, 0.15) is 0 Å². The lowest BCUT2D eigenvalue weighted by molar-refractivity contribution is -0.139. The number of hydrogen-bond donors (Lipinski definition) is 0. The highest BCUT2D eigenvalue weighted by Gasteiger charge is 2.17. The fourth-order valence-corrected chi connectivity index (χ4v) is 2.65. The highest BCUT2D eigenvalue weighted by Crippen LogP contribution is 2.21. The van der Waals surface area contributed by atoms with Crippen LogP contribution >= 0.6 is 0 Å². The normalized spacial score (nSPS) is 10.6. The minimum Gasteiger partial charge on any atom is -0.441 e. The number of amides is 2. The molecular formula is C20H27N3O3. The Hall–Kier alpha value is -2.63. The Bertz CT molecular complexity index is 733. The topological polar surface area (TPSA) is 66.7 Å². The predicted octanol–water partition coefficient (Wildman–Crippen LogP) is 2.91. The Morgan fingerprint density at radius 3 is 2.35 bits per heavy atom. The minimum absolute atomic E-state index is 0.0383. The second-order valence-electron chi connectivity index (χ2n) is 6.30. The summed E-state index contributed by atoms with van der Waals surface area (Å²) in [5.41, 5.74) is 2.14. The Labute approximate surface area is 154 Å². The average molecular weight is 357 g/mol. The Morgan fingerprint density at radius 1 is 1.08 bits per heavy atom. The molecule has 26 heavy (non-hydrogen) atoms. The SMILES string of the molecule is CCN(CC)C(=O)CN(C)C(=O)CCc1ncc(-c2ccc(C)cc2)o1. The minimum atomic E-state index is -0.0967. The number of rotatable bonds is 8. The maximum Gasteiger partial charge on any atom is 0.242 e. The van der Waals surface area contributed by atoms with Crippen LogP contribution in [0.4, 0.5) is 0 Å². The molecule has 0 N–H and O–H groups in total. The number of benzene rings is 1. The number of aryl methyl sites for hydroxylation is 2. The molecule has 0 aliphatic rings. The summed E-state index contributed by atoms with van der Waals surface area (Å²) in [4.78, 5) is 31.8. The number of carbonyl (C=O) groups excluding carboxylic acids is 2. The van der Waals surface area contributed by atoms with Gasteiger partial charge in [0, 0.05) is 38.5 Å². The van der Waals surface area contributed by atoms with Gasteiger partial charge in [-0.3, -0.25) is 9.59 Å². The van der Waals surface area contributed by atoms with Crippen molar-refractivity contribution in [1.29, 1.82) is 0 Å². The lowest BCUT2D eigenvalue weighted by atomic mass is 10.1. The molecule has 0 unspecified atom stereocenters. The molecule has 0 saturated carbocycles. The van der Waals surface area contributed by atoms with Crippen LogP contribution in [-0.2, 0) is 16.0 Å². The van der Waals surface area contributed by atoms with Crippen molar-refractivity contribution in [2.75, 3.05) is 26.7 Å². The second kappa shape index (κ2) is 9.17. The van der Waals surface area contributed by atoms with Gasteiger partial charge in [-0.15, -0.1) is 0 Å². The van der Waals surface area contributed by atoms with Gasteiger partial charge in [0.25, 0.3) is 0 Å². The first-order valence-electron chi connectivity index (χ1n) is 8.98. The molecule has 0 aliphatic heterocycles. The van der Waals surface area contributed by atoms with E-state index in [0.717, 1.165) is 5.56 Å². The number of likely N-dealkylation sites (N-methyl/N-ethyl adjacent to an activating group) is 2. The Morgan fingerprint density at radius 2 is 1.73 bits per heavy atom. The molecule has 6 heteroatoms. The molecular weight excluding hydrogens is 330 g/mol. The summed E-state index contributed by atoms with van der Waals surface area (Å²) in [5.74, 6) is 1.08. The van der Waals surface area contributed by atoms with Crippen molar-refractivity contribution < 1.29 is 14.0 Å². The maximum atomic E-state index is 12.3. The molecule has 140 valence electrons. The van der Waals surface area contributed by atoms with Gasteiger partial charge in [0.15, 0.2) is 11.7 Å². The highest BCUT2D eigenvalue weighted by molar-refractivity contribution is 5.84. The van der Waals surface area contributed by atoms with E-state index in [1.807, 2.05) is 45.0 Å². The van der Waals surface area contributed by atoms with Crippen LogP contribution in [0.5, 0.6) is 0 Å². The number of carbonyl (C=O) groups is 2. The van der Waals surface area contributed by atoms with Gasteiger partial charge >= 0.3 is 0 Å². The standard InChI is InChI=1S/C20H27N3O3/c1-5-23(6-2)20(25)14-22(4)19(24)12-11-18-21-13-17(26-18)16-9-7-15(3)8-10-16/h7-10,13H,5-6,11-12,14H2,1-4H3. The Balaban J connectivity index is 1.87. The van der Waals surface area contributed by atoms with Crippen LogP contribution in [-0.4, -0.2) is 53.3 Å². The van der Waals surface area contributed by atoms with Crippen molar-refractivity contribution in [3.8, 4) is 11.3 Å². The van der Waals surface area contributed by atoms with Crippen molar-refractivity contribution in [1.82, 2.24) is 14.8 Å². The zero-order chi connectivity index (χ0) is 19.1. The predicted molar refractivity (Wildman–Crippen MR) is 101 cm³/mol. The summed E-state index contributed by atoms with van der Waals surface area (Å²) in [7, 11) is 1.65. The number of oxazole rings is 1. The first-order valence-corrected chi connectivity index (χ1v) is 8.98. The van der Waals surface area contributed by atoms with E-state index in [2.05, 4.69) is 4.98 Å². The van der Waals surface area contributed by atoms with E-state index < -0.39 is 0 Å². The fourth-order valence-electron chi connectivity index (χ4n) is 2.65. The lowest BCUT2D eigenvalue weighted by Crippen LogP contribution is -2.41. The summed E-state index contributed by atoms with van der Waals surface area (Å²) < 4.78 is 5.74. The summed E-state index contributed by atoms with van der Waals surface area (Å²) in [6.07, 6.45) is 2.35. The van der Waals surface area contributed by atoms with Gasteiger partial charge < -0.3 is 14.2 Å². The van der Waals surface area contributed by atoms with E-state index in [1.165, 1.54) is 10.5 Å². The highest BCUT2D eigenvalue weighted by atomic mass is 16.4. The van der Waals surface area contributed by atoms with Gasteiger partial charge in [0.2, 0.25) is 11.8 Å². The zero-order valence-corrected chi connectivity index (χ0v) is 16.0. The van der Waals surface area contributed by atoms with Crippen LogP contribution in [0.25, 0.3) is 11.3 Å². The summed E-state index contributed by atoms with van der Waals surface area (Å²) in [5, 5.41) is 0. The molecule has 1 aromatic heterocycles. The van der Waals surface area contributed by atoms with Crippen molar-refractivity contribution in [2.24, 2.45) is 0 Å². The molecule has 2 amide bonds. The molecule has 0 saturated heterocycles. The van der Waals surface area contributed by atoms with Crippen LogP contribution in [0, 0.1) is 6.92 Å². The van der Waals surface area contributed by atoms with E-state index >= 15 is 0 Å². The molecule has 0 bridgehead atoms. The van der Waals surface area contributed by atoms with Gasteiger partial charge in [-0.1, -0.05) is 29.8 Å². The van der Waals surface area contributed by atoms with E-state index in [0.29, 0.717) is 31.2 Å². The van der Waals surface area contributed by atoms with Gasteiger partial charge in [-0.25, -0.2) is 4.98 Å². The van der Waals surface area contributed by atoms with E-state index in [-0.39, 0.29) is 24.8 Å². The Kier molecular flexibility index (Phi) is 6.95. The summed E-state index contributed by atoms with van der Waals surface area (Å²) in [6.45, 7) is 7.28. The smallest absolute Gasteiger partial charge is 0.242 e. The monoisotopic (exact) mass is 357 g/mol. The molecule has 2 rings (SSSR count). The number of aromatic nitrogens is 1. The van der Waals surface area contributed by atoms with Crippen LogP contribution in [0.2, 0.25) is 0 Å². The summed E-state index contributed by atoms with van der Waals surface area (Å²) in [6, 6.07) is 8.00. The van der Waals surface area contributed by atoms with E-state index in [1.54, 1.807) is 18.1 Å². The molecule has 0 aliphatic carbocycles. The largest absolute Gasteiger partial charge is 0.441 e.